The van der Waals surface area contributed by atoms with E-state index in [4.69, 9.17) is 5.73 Å². The molecule has 1 heterocycles. The van der Waals surface area contributed by atoms with Crippen LogP contribution in [0.25, 0.3) is 0 Å². The number of carbonyl (C=O) groups is 1. The van der Waals surface area contributed by atoms with Crippen molar-refractivity contribution < 1.29 is 22.4 Å². The summed E-state index contributed by atoms with van der Waals surface area (Å²) in [6, 6.07) is -0.123. The fourth-order valence-electron chi connectivity index (χ4n) is 2.99. The van der Waals surface area contributed by atoms with E-state index in [1.54, 1.807) is 0 Å². The molecule has 112 valence electrons. The molecule has 19 heavy (non-hydrogen) atoms. The number of hydrogen-bond acceptors (Lipinski definition) is 2. The standard InChI is InChI=1S/C11H16F4N2O.ClH/c12-9(13)11(14,15)10(18)17-4-6-2-1-3-8(16)7(6)5-17;/h6-9H,1-5,16H2;1H. The van der Waals surface area contributed by atoms with Crippen molar-refractivity contribution in [1.29, 1.82) is 0 Å². The normalized spacial score (nSPS) is 31.1. The minimum absolute atomic E-state index is 0. The Kier molecular flexibility index (Phi) is 5.06. The highest BCUT2D eigenvalue weighted by Crippen LogP contribution is 2.37. The number of fused-ring (bicyclic) bond motifs is 1. The van der Waals surface area contributed by atoms with Gasteiger partial charge in [0.15, 0.2) is 0 Å². The molecule has 3 atom stereocenters. The Bertz CT molecular complexity index is 343. The number of nitrogens with zero attached hydrogens (tertiary/aromatic N) is 1. The lowest BCUT2D eigenvalue weighted by atomic mass is 9.78. The third kappa shape index (κ3) is 2.97. The largest absolute Gasteiger partial charge is 0.383 e. The number of likely N-dealkylation sites (tertiary alicyclic amines) is 1. The molecule has 0 aromatic rings. The molecule has 3 nitrogen and oxygen atoms in total. The molecule has 3 unspecified atom stereocenters. The van der Waals surface area contributed by atoms with E-state index in [-0.39, 0.29) is 43.4 Å². The third-order valence-corrected chi connectivity index (χ3v) is 4.00. The zero-order chi connectivity index (χ0) is 13.5. The minimum Gasteiger partial charge on any atom is -0.337 e. The first-order chi connectivity index (χ1) is 8.34. The number of rotatable bonds is 2. The molecule has 1 amide bonds. The predicted molar refractivity (Wildman–Crippen MR) is 63.6 cm³/mol. The van der Waals surface area contributed by atoms with Crippen LogP contribution in [0, 0.1) is 11.8 Å². The number of alkyl halides is 4. The molecule has 0 bridgehead atoms. The van der Waals surface area contributed by atoms with Crippen LogP contribution < -0.4 is 5.73 Å². The summed E-state index contributed by atoms with van der Waals surface area (Å²) < 4.78 is 50.3. The summed E-state index contributed by atoms with van der Waals surface area (Å²) in [5.41, 5.74) is 5.88. The zero-order valence-electron chi connectivity index (χ0n) is 10.2. The van der Waals surface area contributed by atoms with Crippen LogP contribution in [-0.2, 0) is 4.79 Å². The summed E-state index contributed by atoms with van der Waals surface area (Å²) in [6.07, 6.45) is -1.44. The van der Waals surface area contributed by atoms with Gasteiger partial charge in [0, 0.05) is 19.1 Å². The van der Waals surface area contributed by atoms with Gasteiger partial charge in [-0.1, -0.05) is 6.42 Å². The summed E-state index contributed by atoms with van der Waals surface area (Å²) in [5.74, 6) is -6.31. The van der Waals surface area contributed by atoms with Gasteiger partial charge in [0.25, 0.3) is 5.91 Å². The van der Waals surface area contributed by atoms with E-state index in [1.807, 2.05) is 0 Å². The van der Waals surface area contributed by atoms with Gasteiger partial charge in [0.2, 0.25) is 0 Å². The second-order valence-electron chi connectivity index (χ2n) is 5.15. The fraction of sp³-hybridized carbons (Fsp3) is 0.909. The minimum atomic E-state index is -4.59. The van der Waals surface area contributed by atoms with Crippen LogP contribution in [0.3, 0.4) is 0 Å². The first-order valence-electron chi connectivity index (χ1n) is 6.05. The van der Waals surface area contributed by atoms with Gasteiger partial charge in [-0.15, -0.1) is 12.4 Å². The lowest BCUT2D eigenvalue weighted by Crippen LogP contribution is -2.47. The van der Waals surface area contributed by atoms with Gasteiger partial charge in [0.05, 0.1) is 0 Å². The van der Waals surface area contributed by atoms with Gasteiger partial charge >= 0.3 is 12.3 Å². The van der Waals surface area contributed by atoms with Crippen molar-refractivity contribution in [1.82, 2.24) is 4.90 Å². The first-order valence-corrected chi connectivity index (χ1v) is 6.05. The number of hydrogen-bond donors (Lipinski definition) is 1. The Hall–Kier alpha value is -0.560. The van der Waals surface area contributed by atoms with E-state index in [2.05, 4.69) is 0 Å². The maximum absolute atomic E-state index is 13.0. The molecule has 1 saturated heterocycles. The van der Waals surface area contributed by atoms with Crippen LogP contribution >= 0.6 is 12.4 Å². The van der Waals surface area contributed by atoms with E-state index in [0.29, 0.717) is 0 Å². The van der Waals surface area contributed by atoms with Crippen LogP contribution in [-0.4, -0.2) is 42.3 Å². The molecule has 1 aliphatic carbocycles. The highest BCUT2D eigenvalue weighted by molar-refractivity contribution is 5.85. The molecule has 2 fully saturated rings. The van der Waals surface area contributed by atoms with Gasteiger partial charge in [-0.2, -0.15) is 8.78 Å². The second kappa shape index (κ2) is 5.83. The number of amides is 1. The van der Waals surface area contributed by atoms with E-state index in [1.165, 1.54) is 0 Å². The summed E-state index contributed by atoms with van der Waals surface area (Å²) in [7, 11) is 0. The van der Waals surface area contributed by atoms with Crippen molar-refractivity contribution in [3.63, 3.8) is 0 Å². The predicted octanol–water partition coefficient (Wildman–Crippen LogP) is 1.89. The Morgan fingerprint density at radius 2 is 1.89 bits per heavy atom. The molecular weight excluding hydrogens is 288 g/mol. The van der Waals surface area contributed by atoms with Crippen molar-refractivity contribution in [2.75, 3.05) is 13.1 Å². The number of halogens is 5. The molecule has 0 aromatic carbocycles. The highest BCUT2D eigenvalue weighted by Gasteiger charge is 2.53. The van der Waals surface area contributed by atoms with Crippen molar-refractivity contribution in [2.24, 2.45) is 17.6 Å². The molecular formula is C11H17ClF4N2O. The maximum atomic E-state index is 13.0. The molecule has 0 spiro atoms. The highest BCUT2D eigenvalue weighted by atomic mass is 35.5. The van der Waals surface area contributed by atoms with Gasteiger partial charge < -0.3 is 10.6 Å². The van der Waals surface area contributed by atoms with E-state index in [9.17, 15) is 22.4 Å². The fourth-order valence-corrected chi connectivity index (χ4v) is 2.99. The van der Waals surface area contributed by atoms with E-state index in [0.717, 1.165) is 24.2 Å². The van der Waals surface area contributed by atoms with Crippen LogP contribution in [0.5, 0.6) is 0 Å². The van der Waals surface area contributed by atoms with Gasteiger partial charge in [-0.25, -0.2) is 8.78 Å². The second-order valence-corrected chi connectivity index (χ2v) is 5.15. The van der Waals surface area contributed by atoms with Gasteiger partial charge in [-0.3, -0.25) is 4.79 Å². The molecule has 2 N–H and O–H groups in total. The van der Waals surface area contributed by atoms with Crippen molar-refractivity contribution in [3.8, 4) is 0 Å². The molecule has 2 rings (SSSR count). The lowest BCUT2D eigenvalue weighted by molar-refractivity contribution is -0.179. The maximum Gasteiger partial charge on any atom is 0.383 e. The van der Waals surface area contributed by atoms with Crippen LogP contribution in [0.1, 0.15) is 19.3 Å². The lowest BCUT2D eigenvalue weighted by Gasteiger charge is -2.29. The Morgan fingerprint density at radius 1 is 1.26 bits per heavy atom. The quantitative estimate of drug-likeness (QED) is 0.792. The van der Waals surface area contributed by atoms with Crippen LogP contribution in [0.2, 0.25) is 0 Å². The number of carbonyl (C=O) groups excluding carboxylic acids is 1. The monoisotopic (exact) mass is 304 g/mol. The SMILES string of the molecule is Cl.NC1CCCC2CN(C(=O)C(F)(F)C(F)F)CC12. The third-order valence-electron chi connectivity index (χ3n) is 4.00. The first kappa shape index (κ1) is 16.5. The summed E-state index contributed by atoms with van der Waals surface area (Å²) in [6.45, 7) is 0.201. The molecule has 8 heteroatoms. The van der Waals surface area contributed by atoms with Crippen molar-refractivity contribution in [2.45, 2.75) is 37.7 Å². The smallest absolute Gasteiger partial charge is 0.337 e. The summed E-state index contributed by atoms with van der Waals surface area (Å²) in [5, 5.41) is 0. The average molecular weight is 305 g/mol. The van der Waals surface area contributed by atoms with E-state index >= 15 is 0 Å². The summed E-state index contributed by atoms with van der Waals surface area (Å²) >= 11 is 0. The summed E-state index contributed by atoms with van der Waals surface area (Å²) in [4.78, 5) is 12.3. The molecule has 0 aromatic heterocycles. The Balaban J connectivity index is 0.00000180. The van der Waals surface area contributed by atoms with Crippen LogP contribution in [0.15, 0.2) is 0 Å². The van der Waals surface area contributed by atoms with Gasteiger partial charge in [0.1, 0.15) is 0 Å². The van der Waals surface area contributed by atoms with E-state index < -0.39 is 18.3 Å². The average Bonchev–Trinajstić information content (AvgIpc) is 2.73. The topological polar surface area (TPSA) is 46.3 Å². The number of nitrogens with two attached hydrogens (primary N) is 1. The molecule has 0 radical (unpaired) electrons. The molecule has 2 aliphatic rings. The van der Waals surface area contributed by atoms with Gasteiger partial charge in [-0.05, 0) is 24.7 Å². The zero-order valence-corrected chi connectivity index (χ0v) is 11.0. The van der Waals surface area contributed by atoms with Crippen molar-refractivity contribution in [3.05, 3.63) is 0 Å². The molecule has 1 aliphatic heterocycles. The Labute approximate surface area is 114 Å². The Morgan fingerprint density at radius 3 is 2.42 bits per heavy atom. The van der Waals surface area contributed by atoms with Crippen LogP contribution in [0.4, 0.5) is 17.6 Å². The van der Waals surface area contributed by atoms with Crippen molar-refractivity contribution >= 4 is 18.3 Å². The molecule has 1 saturated carbocycles.